The van der Waals surface area contributed by atoms with Crippen LogP contribution < -0.4 is 10.6 Å². The maximum Gasteiger partial charge on any atom is 0.234 e. The summed E-state index contributed by atoms with van der Waals surface area (Å²) in [5, 5.41) is 5.82. The number of nitrogens with one attached hydrogen (secondary N) is 2. The molecule has 0 radical (unpaired) electrons. The monoisotopic (exact) mass is 288 g/mol. The third-order valence-electron chi connectivity index (χ3n) is 2.42. The average molecular weight is 289 g/mol. The molecule has 1 amide bonds. The summed E-state index contributed by atoms with van der Waals surface area (Å²) in [7, 11) is 1.58. The van der Waals surface area contributed by atoms with Crippen molar-refractivity contribution in [1.82, 2.24) is 10.6 Å². The molecule has 0 fully saturated rings. The minimum absolute atomic E-state index is 0.0282. The fourth-order valence-electron chi connectivity index (χ4n) is 1.59. The number of benzene rings is 1. The van der Waals surface area contributed by atoms with Gasteiger partial charge in [-0.15, -0.1) is 0 Å². The lowest BCUT2D eigenvalue weighted by molar-refractivity contribution is -0.121. The first-order valence-corrected chi connectivity index (χ1v) is 6.33. The summed E-state index contributed by atoms with van der Waals surface area (Å²) < 4.78 is 17.9. The van der Waals surface area contributed by atoms with E-state index in [2.05, 4.69) is 10.6 Å². The maximum atomic E-state index is 12.9. The van der Waals surface area contributed by atoms with Gasteiger partial charge in [-0.25, -0.2) is 4.39 Å². The van der Waals surface area contributed by atoms with E-state index in [0.717, 1.165) is 5.56 Å². The molecule has 6 heteroatoms. The van der Waals surface area contributed by atoms with E-state index in [4.69, 9.17) is 16.3 Å². The molecule has 0 aromatic heterocycles. The van der Waals surface area contributed by atoms with E-state index in [1.807, 2.05) is 6.92 Å². The number of hydrogen-bond donors (Lipinski definition) is 2. The van der Waals surface area contributed by atoms with E-state index in [1.165, 1.54) is 12.1 Å². The smallest absolute Gasteiger partial charge is 0.234 e. The largest absolute Gasteiger partial charge is 0.383 e. The van der Waals surface area contributed by atoms with Gasteiger partial charge in [-0.3, -0.25) is 4.79 Å². The first-order chi connectivity index (χ1) is 9.02. The summed E-state index contributed by atoms with van der Waals surface area (Å²) in [4.78, 5) is 11.5. The van der Waals surface area contributed by atoms with Gasteiger partial charge in [0.1, 0.15) is 5.82 Å². The van der Waals surface area contributed by atoms with Crippen LogP contribution in [0.2, 0.25) is 5.02 Å². The molecule has 0 bridgehead atoms. The molecular weight excluding hydrogens is 271 g/mol. The summed E-state index contributed by atoms with van der Waals surface area (Å²) >= 11 is 5.66. The number of hydrogen-bond acceptors (Lipinski definition) is 3. The van der Waals surface area contributed by atoms with Crippen LogP contribution in [0.15, 0.2) is 18.2 Å². The van der Waals surface area contributed by atoms with E-state index < -0.39 is 5.82 Å². The fraction of sp³-hybridized carbons (Fsp3) is 0.462. The van der Waals surface area contributed by atoms with E-state index in [0.29, 0.717) is 13.2 Å². The first kappa shape index (κ1) is 15.9. The summed E-state index contributed by atoms with van der Waals surface area (Å²) in [5.74, 6) is -0.561. The summed E-state index contributed by atoms with van der Waals surface area (Å²) in [6, 6.07) is 4.44. The zero-order chi connectivity index (χ0) is 14.3. The van der Waals surface area contributed by atoms with Crippen LogP contribution in [0, 0.1) is 5.82 Å². The number of ether oxygens (including phenoxy) is 1. The van der Waals surface area contributed by atoms with Crippen LogP contribution in [0.1, 0.15) is 12.5 Å². The average Bonchev–Trinajstić information content (AvgIpc) is 2.34. The van der Waals surface area contributed by atoms with Gasteiger partial charge in [-0.05, 0) is 24.6 Å². The molecule has 4 nitrogen and oxygen atoms in total. The quantitative estimate of drug-likeness (QED) is 0.803. The summed E-state index contributed by atoms with van der Waals surface area (Å²) in [6.45, 7) is 2.97. The predicted molar refractivity (Wildman–Crippen MR) is 72.6 cm³/mol. The third-order valence-corrected chi connectivity index (χ3v) is 2.71. The Kier molecular flexibility index (Phi) is 6.77. The van der Waals surface area contributed by atoms with E-state index >= 15 is 0 Å². The summed E-state index contributed by atoms with van der Waals surface area (Å²) in [6.07, 6.45) is 0. The molecule has 0 aliphatic carbocycles. The van der Waals surface area contributed by atoms with Crippen molar-refractivity contribution in [3.05, 3.63) is 34.6 Å². The highest BCUT2D eigenvalue weighted by molar-refractivity contribution is 6.30. The van der Waals surface area contributed by atoms with Crippen molar-refractivity contribution in [2.45, 2.75) is 19.5 Å². The molecule has 1 rings (SSSR count). The molecule has 19 heavy (non-hydrogen) atoms. The van der Waals surface area contributed by atoms with Gasteiger partial charge in [0.25, 0.3) is 0 Å². The van der Waals surface area contributed by atoms with Crippen molar-refractivity contribution in [2.75, 3.05) is 20.3 Å². The van der Waals surface area contributed by atoms with Crippen LogP contribution in [-0.2, 0) is 16.1 Å². The van der Waals surface area contributed by atoms with Gasteiger partial charge < -0.3 is 15.4 Å². The van der Waals surface area contributed by atoms with Crippen molar-refractivity contribution in [3.63, 3.8) is 0 Å². The van der Waals surface area contributed by atoms with Gasteiger partial charge in [0.05, 0.1) is 18.2 Å². The summed E-state index contributed by atoms with van der Waals surface area (Å²) in [5.41, 5.74) is 0.823. The van der Waals surface area contributed by atoms with Crippen LogP contribution in [0.5, 0.6) is 0 Å². The number of carbonyl (C=O) groups excluding carboxylic acids is 1. The lowest BCUT2D eigenvalue weighted by Gasteiger charge is -2.13. The van der Waals surface area contributed by atoms with Crippen LogP contribution in [-0.4, -0.2) is 32.2 Å². The van der Waals surface area contributed by atoms with Crippen LogP contribution in [0.3, 0.4) is 0 Å². The van der Waals surface area contributed by atoms with Crippen molar-refractivity contribution >= 4 is 17.5 Å². The molecule has 2 N–H and O–H groups in total. The minimum Gasteiger partial charge on any atom is -0.383 e. The van der Waals surface area contributed by atoms with Gasteiger partial charge in [-0.1, -0.05) is 17.7 Å². The highest BCUT2D eigenvalue weighted by atomic mass is 35.5. The van der Waals surface area contributed by atoms with Gasteiger partial charge in [0.15, 0.2) is 0 Å². The Morgan fingerprint density at radius 3 is 2.89 bits per heavy atom. The van der Waals surface area contributed by atoms with Gasteiger partial charge in [0.2, 0.25) is 5.91 Å². The van der Waals surface area contributed by atoms with Gasteiger partial charge in [-0.2, -0.15) is 0 Å². The molecule has 1 aromatic carbocycles. The zero-order valence-electron chi connectivity index (χ0n) is 11.0. The molecule has 1 unspecified atom stereocenters. The number of methoxy groups -OCH3 is 1. The molecule has 0 aliphatic rings. The van der Waals surface area contributed by atoms with Gasteiger partial charge >= 0.3 is 0 Å². The number of rotatable bonds is 7. The van der Waals surface area contributed by atoms with Crippen molar-refractivity contribution in [2.24, 2.45) is 0 Å². The Hall–Kier alpha value is -1.17. The lowest BCUT2D eigenvalue weighted by atomic mass is 10.2. The van der Waals surface area contributed by atoms with E-state index in [1.54, 1.807) is 13.2 Å². The van der Waals surface area contributed by atoms with E-state index in [-0.39, 0.29) is 23.5 Å². The molecule has 1 atom stereocenters. The molecule has 0 spiro atoms. The lowest BCUT2D eigenvalue weighted by Crippen LogP contribution is -2.40. The van der Waals surface area contributed by atoms with Crippen molar-refractivity contribution < 1.29 is 13.9 Å². The molecule has 0 heterocycles. The molecule has 0 saturated carbocycles. The van der Waals surface area contributed by atoms with E-state index in [9.17, 15) is 9.18 Å². The normalized spacial score (nSPS) is 12.2. The van der Waals surface area contributed by atoms with Crippen LogP contribution >= 0.6 is 11.6 Å². The highest BCUT2D eigenvalue weighted by Gasteiger charge is 2.06. The fourth-order valence-corrected chi connectivity index (χ4v) is 1.79. The third kappa shape index (κ3) is 6.00. The maximum absolute atomic E-state index is 12.9. The second kappa shape index (κ2) is 8.09. The Bertz CT molecular complexity index is 429. The van der Waals surface area contributed by atoms with Crippen LogP contribution in [0.4, 0.5) is 4.39 Å². The Labute approximate surface area is 117 Å². The number of halogens is 2. The Balaban J connectivity index is 2.29. The second-order valence-corrected chi connectivity index (χ2v) is 4.68. The zero-order valence-corrected chi connectivity index (χ0v) is 11.8. The second-order valence-electron chi connectivity index (χ2n) is 4.28. The van der Waals surface area contributed by atoms with Crippen LogP contribution in [0.25, 0.3) is 0 Å². The SMILES string of the molecule is COCC(C)NC(=O)CNCc1ccc(F)c(Cl)c1. The molecule has 0 aliphatic heterocycles. The standard InChI is InChI=1S/C13H18ClFN2O2/c1-9(8-19-2)17-13(18)7-16-6-10-3-4-12(15)11(14)5-10/h3-5,9,16H,6-8H2,1-2H3,(H,17,18). The molecular formula is C13H18ClFN2O2. The Morgan fingerprint density at radius 1 is 1.53 bits per heavy atom. The Morgan fingerprint density at radius 2 is 2.26 bits per heavy atom. The topological polar surface area (TPSA) is 50.4 Å². The minimum atomic E-state index is -0.448. The first-order valence-electron chi connectivity index (χ1n) is 5.96. The highest BCUT2D eigenvalue weighted by Crippen LogP contribution is 2.15. The predicted octanol–water partition coefficient (Wildman–Crippen LogP) is 1.72. The molecule has 0 saturated heterocycles. The van der Waals surface area contributed by atoms with Gasteiger partial charge in [0, 0.05) is 19.7 Å². The van der Waals surface area contributed by atoms with Crippen molar-refractivity contribution in [1.29, 1.82) is 0 Å². The number of amides is 1. The number of carbonyl (C=O) groups is 1. The molecule has 106 valence electrons. The molecule has 1 aromatic rings. The van der Waals surface area contributed by atoms with Crippen molar-refractivity contribution in [3.8, 4) is 0 Å².